The number of hydrogen-bond acceptors (Lipinski definition) is 0. The van der Waals surface area contributed by atoms with E-state index in [9.17, 15) is 0 Å². The summed E-state index contributed by atoms with van der Waals surface area (Å²) in [5, 5.41) is 0. The molecule has 0 amide bonds. The van der Waals surface area contributed by atoms with Crippen molar-refractivity contribution in [3.63, 3.8) is 0 Å². The molecule has 40 valence electrons. The third-order valence-electron chi connectivity index (χ3n) is 1.37. The maximum atomic E-state index is 2.33. The summed E-state index contributed by atoms with van der Waals surface area (Å²) in [6, 6.07) is 0. The van der Waals surface area contributed by atoms with Crippen LogP contribution in [0.25, 0.3) is 0 Å². The molecule has 0 atom stereocenters. The van der Waals surface area contributed by atoms with Crippen LogP contribution in [0.15, 0.2) is 11.6 Å². The number of rotatable bonds is 0. The molecule has 0 aromatic rings. The van der Waals surface area contributed by atoms with Crippen molar-refractivity contribution >= 4 is 0 Å². The highest BCUT2D eigenvalue weighted by molar-refractivity contribution is 5.18. The lowest BCUT2D eigenvalue weighted by atomic mass is 9.75. The van der Waals surface area contributed by atoms with E-state index in [0.717, 1.165) is 0 Å². The zero-order valence-electron chi connectivity index (χ0n) is 5.28. The summed E-state index contributed by atoms with van der Waals surface area (Å²) in [4.78, 5) is 0. The third kappa shape index (κ3) is 0.846. The first-order valence-electron chi connectivity index (χ1n) is 2.78. The van der Waals surface area contributed by atoms with Crippen LogP contribution >= 0.6 is 0 Å². The van der Waals surface area contributed by atoms with Gasteiger partial charge in [-0.15, -0.1) is 0 Å². The first kappa shape index (κ1) is 4.89. The summed E-state index contributed by atoms with van der Waals surface area (Å²) in [6.07, 6.45) is 3.62. The van der Waals surface area contributed by atoms with Gasteiger partial charge in [0.1, 0.15) is 0 Å². The molecular weight excluding hydrogens is 84.1 g/mol. The molecule has 1 rings (SSSR count). The van der Waals surface area contributed by atoms with Crippen molar-refractivity contribution in [2.24, 2.45) is 5.41 Å². The predicted molar refractivity (Wildman–Crippen MR) is 32.2 cm³/mol. The first-order chi connectivity index (χ1) is 3.10. The molecule has 0 radical (unpaired) electrons. The summed E-state index contributed by atoms with van der Waals surface area (Å²) >= 11 is 0. The van der Waals surface area contributed by atoms with E-state index in [4.69, 9.17) is 0 Å². The third-order valence-corrected chi connectivity index (χ3v) is 1.37. The normalized spacial score (nSPS) is 25.9. The Hall–Kier alpha value is -0.260. The van der Waals surface area contributed by atoms with Crippen LogP contribution in [0.4, 0.5) is 0 Å². The van der Waals surface area contributed by atoms with E-state index in [1.807, 2.05) is 0 Å². The lowest BCUT2D eigenvalue weighted by Crippen LogP contribution is -2.17. The Kier molecular flexibility index (Phi) is 0.781. The quantitative estimate of drug-likeness (QED) is 0.406. The standard InChI is InChI=1S/C7H12/c1-6-4-7(2,3)5-6/h4H,5H2,1-3H3. The highest BCUT2D eigenvalue weighted by Crippen LogP contribution is 2.36. The molecule has 0 nitrogen and oxygen atoms in total. The van der Waals surface area contributed by atoms with E-state index in [0.29, 0.717) is 5.41 Å². The Bertz CT molecular complexity index is 107. The second-order valence-electron chi connectivity index (χ2n) is 3.16. The molecule has 0 heterocycles. The van der Waals surface area contributed by atoms with Crippen molar-refractivity contribution in [2.45, 2.75) is 27.2 Å². The average molecular weight is 96.2 g/mol. The van der Waals surface area contributed by atoms with Crippen molar-refractivity contribution in [2.75, 3.05) is 0 Å². The first-order valence-corrected chi connectivity index (χ1v) is 2.78. The van der Waals surface area contributed by atoms with E-state index in [1.54, 1.807) is 5.57 Å². The Labute approximate surface area is 45.2 Å². The summed E-state index contributed by atoms with van der Waals surface area (Å²) in [5.41, 5.74) is 2.08. The van der Waals surface area contributed by atoms with Gasteiger partial charge in [0.15, 0.2) is 0 Å². The molecule has 0 saturated carbocycles. The van der Waals surface area contributed by atoms with E-state index in [1.165, 1.54) is 6.42 Å². The fourth-order valence-electron chi connectivity index (χ4n) is 1.36. The van der Waals surface area contributed by atoms with Crippen LogP contribution < -0.4 is 0 Å². The average Bonchev–Trinajstić information content (AvgIpc) is 1.27. The van der Waals surface area contributed by atoms with Gasteiger partial charge in [0.05, 0.1) is 0 Å². The van der Waals surface area contributed by atoms with Crippen LogP contribution in [0.5, 0.6) is 0 Å². The van der Waals surface area contributed by atoms with Gasteiger partial charge in [0.25, 0.3) is 0 Å². The maximum Gasteiger partial charge on any atom is -0.0135 e. The minimum absolute atomic E-state index is 0.532. The molecule has 0 aromatic heterocycles. The molecule has 0 saturated heterocycles. The molecule has 0 N–H and O–H groups in total. The Morgan fingerprint density at radius 2 is 2.00 bits per heavy atom. The Morgan fingerprint density at radius 3 is 2.00 bits per heavy atom. The van der Waals surface area contributed by atoms with Gasteiger partial charge >= 0.3 is 0 Å². The van der Waals surface area contributed by atoms with Gasteiger partial charge in [-0.05, 0) is 18.8 Å². The fraction of sp³-hybridized carbons (Fsp3) is 0.714. The number of allylic oxidation sites excluding steroid dienone is 2. The minimum Gasteiger partial charge on any atom is -0.0796 e. The van der Waals surface area contributed by atoms with Crippen LogP contribution in [0.3, 0.4) is 0 Å². The largest absolute Gasteiger partial charge is 0.0796 e. The van der Waals surface area contributed by atoms with Crippen LogP contribution in [-0.4, -0.2) is 0 Å². The minimum atomic E-state index is 0.532. The summed E-state index contributed by atoms with van der Waals surface area (Å²) in [5.74, 6) is 0. The SMILES string of the molecule is CC1=CC(C)(C)C1. The molecular formula is C7H12. The van der Waals surface area contributed by atoms with Crippen molar-refractivity contribution in [3.8, 4) is 0 Å². The number of hydrogen-bond donors (Lipinski definition) is 0. The molecule has 0 bridgehead atoms. The highest BCUT2D eigenvalue weighted by atomic mass is 14.3. The molecule has 0 aromatic carbocycles. The summed E-state index contributed by atoms with van der Waals surface area (Å²) < 4.78 is 0. The van der Waals surface area contributed by atoms with E-state index < -0.39 is 0 Å². The molecule has 1 aliphatic carbocycles. The van der Waals surface area contributed by atoms with Gasteiger partial charge in [0.2, 0.25) is 0 Å². The highest BCUT2D eigenvalue weighted by Gasteiger charge is 2.22. The molecule has 0 unspecified atom stereocenters. The summed E-state index contributed by atoms with van der Waals surface area (Å²) in [6.45, 7) is 6.71. The topological polar surface area (TPSA) is 0 Å². The van der Waals surface area contributed by atoms with Gasteiger partial charge in [0, 0.05) is 0 Å². The van der Waals surface area contributed by atoms with Gasteiger partial charge in [-0.1, -0.05) is 25.5 Å². The Morgan fingerprint density at radius 1 is 1.57 bits per heavy atom. The van der Waals surface area contributed by atoms with Crippen LogP contribution in [0.2, 0.25) is 0 Å². The maximum absolute atomic E-state index is 2.33. The van der Waals surface area contributed by atoms with E-state index >= 15 is 0 Å². The van der Waals surface area contributed by atoms with Gasteiger partial charge in [-0.2, -0.15) is 0 Å². The Balaban J connectivity index is 2.60. The molecule has 0 aliphatic heterocycles. The molecule has 7 heavy (non-hydrogen) atoms. The van der Waals surface area contributed by atoms with Crippen LogP contribution in [-0.2, 0) is 0 Å². The van der Waals surface area contributed by atoms with Crippen molar-refractivity contribution in [1.82, 2.24) is 0 Å². The van der Waals surface area contributed by atoms with Gasteiger partial charge in [-0.3, -0.25) is 0 Å². The van der Waals surface area contributed by atoms with Crippen molar-refractivity contribution in [3.05, 3.63) is 11.6 Å². The van der Waals surface area contributed by atoms with Crippen LogP contribution in [0.1, 0.15) is 27.2 Å². The second kappa shape index (κ2) is 1.12. The second-order valence-corrected chi connectivity index (χ2v) is 3.16. The zero-order valence-corrected chi connectivity index (χ0v) is 5.28. The molecule has 0 fully saturated rings. The van der Waals surface area contributed by atoms with Gasteiger partial charge < -0.3 is 0 Å². The van der Waals surface area contributed by atoms with Gasteiger partial charge in [-0.25, -0.2) is 0 Å². The van der Waals surface area contributed by atoms with Crippen molar-refractivity contribution < 1.29 is 0 Å². The van der Waals surface area contributed by atoms with E-state index in [-0.39, 0.29) is 0 Å². The molecule has 0 spiro atoms. The fourth-order valence-corrected chi connectivity index (χ4v) is 1.36. The lowest BCUT2D eigenvalue weighted by molar-refractivity contribution is 0.419. The van der Waals surface area contributed by atoms with Crippen LogP contribution in [0, 0.1) is 5.41 Å². The van der Waals surface area contributed by atoms with Crippen molar-refractivity contribution in [1.29, 1.82) is 0 Å². The predicted octanol–water partition coefficient (Wildman–Crippen LogP) is 2.36. The smallest absolute Gasteiger partial charge is 0.0135 e. The van der Waals surface area contributed by atoms with E-state index in [2.05, 4.69) is 26.8 Å². The molecule has 0 heteroatoms. The zero-order chi connectivity index (χ0) is 5.49. The summed E-state index contributed by atoms with van der Waals surface area (Å²) in [7, 11) is 0. The molecule has 1 aliphatic rings. The lowest BCUT2D eigenvalue weighted by Gasteiger charge is -2.30. The monoisotopic (exact) mass is 96.1 g/mol.